The van der Waals surface area contributed by atoms with Crippen LogP contribution in [0.1, 0.15) is 59.9 Å². The van der Waals surface area contributed by atoms with E-state index in [1.54, 1.807) is 0 Å². The van der Waals surface area contributed by atoms with E-state index in [1.165, 1.54) is 0 Å². The maximum absolute atomic E-state index is 12.7. The maximum Gasteiger partial charge on any atom is 0.339 e. The normalized spacial score (nSPS) is 16.6. The summed E-state index contributed by atoms with van der Waals surface area (Å²) < 4.78 is 25.4. The quantitative estimate of drug-likeness (QED) is 0.885. The van der Waals surface area contributed by atoms with E-state index in [1.807, 2.05) is 0 Å². The zero-order valence-electron chi connectivity index (χ0n) is 9.07. The minimum absolute atomic E-state index is 0.0929. The first kappa shape index (κ1) is 11.9. The number of nitrogens with zero attached hydrogens (tertiary/aromatic N) is 2. The third-order valence-corrected chi connectivity index (χ3v) is 2.99. The molecule has 1 aliphatic rings. The van der Waals surface area contributed by atoms with E-state index in [-0.39, 0.29) is 5.92 Å². The monoisotopic (exact) mass is 242 g/mol. The maximum atomic E-state index is 12.7. The Bertz CT molecular complexity index is 431. The lowest BCUT2D eigenvalue weighted by Gasteiger charge is -2.10. The largest absolute Gasteiger partial charge is 0.478 e. The summed E-state index contributed by atoms with van der Waals surface area (Å²) in [5.41, 5.74) is -1.18. The van der Waals surface area contributed by atoms with Gasteiger partial charge in [0.1, 0.15) is 17.1 Å². The summed E-state index contributed by atoms with van der Waals surface area (Å²) >= 11 is 0. The van der Waals surface area contributed by atoms with Gasteiger partial charge in [0.05, 0.1) is 0 Å². The van der Waals surface area contributed by atoms with Crippen LogP contribution < -0.4 is 0 Å². The van der Waals surface area contributed by atoms with Gasteiger partial charge in [-0.3, -0.25) is 0 Å². The van der Waals surface area contributed by atoms with Crippen LogP contribution in [0.15, 0.2) is 6.20 Å². The zero-order valence-corrected chi connectivity index (χ0v) is 9.07. The first-order valence-electron chi connectivity index (χ1n) is 5.48. The predicted molar refractivity (Wildman–Crippen MR) is 55.2 cm³/mol. The SMILES string of the molecule is O=C(O)c1cnc(C2CCCC2)nc1C(F)F. The van der Waals surface area contributed by atoms with E-state index in [0.29, 0.717) is 5.82 Å². The topological polar surface area (TPSA) is 63.1 Å². The van der Waals surface area contributed by atoms with E-state index in [0.717, 1.165) is 31.9 Å². The van der Waals surface area contributed by atoms with Gasteiger partial charge in [0.15, 0.2) is 0 Å². The smallest absolute Gasteiger partial charge is 0.339 e. The van der Waals surface area contributed by atoms with Crippen LogP contribution in [0, 0.1) is 0 Å². The molecule has 17 heavy (non-hydrogen) atoms. The lowest BCUT2D eigenvalue weighted by molar-refractivity contribution is 0.0681. The molecule has 0 aliphatic heterocycles. The Morgan fingerprint density at radius 2 is 2.06 bits per heavy atom. The Morgan fingerprint density at radius 3 is 2.59 bits per heavy atom. The van der Waals surface area contributed by atoms with Crippen LogP contribution in [0.5, 0.6) is 0 Å². The molecule has 0 radical (unpaired) electrons. The molecular weight excluding hydrogens is 230 g/mol. The van der Waals surface area contributed by atoms with Crippen molar-refractivity contribution in [2.45, 2.75) is 38.0 Å². The Hall–Kier alpha value is -1.59. The van der Waals surface area contributed by atoms with Crippen LogP contribution >= 0.6 is 0 Å². The summed E-state index contributed by atoms with van der Waals surface area (Å²) in [5, 5.41) is 8.76. The lowest BCUT2D eigenvalue weighted by Crippen LogP contribution is -2.11. The number of aromatic nitrogens is 2. The Kier molecular flexibility index (Phi) is 3.31. The number of rotatable bonds is 3. The van der Waals surface area contributed by atoms with Crippen molar-refractivity contribution in [2.24, 2.45) is 0 Å². The van der Waals surface area contributed by atoms with Crippen molar-refractivity contribution in [3.8, 4) is 0 Å². The van der Waals surface area contributed by atoms with Gasteiger partial charge < -0.3 is 5.11 Å². The van der Waals surface area contributed by atoms with Gasteiger partial charge in [-0.25, -0.2) is 23.5 Å². The molecule has 0 unspecified atom stereocenters. The second-order valence-electron chi connectivity index (χ2n) is 4.11. The number of carbonyl (C=O) groups is 1. The summed E-state index contributed by atoms with van der Waals surface area (Å²) in [6, 6.07) is 0. The van der Waals surface area contributed by atoms with Crippen molar-refractivity contribution in [1.29, 1.82) is 0 Å². The number of alkyl halides is 2. The van der Waals surface area contributed by atoms with Gasteiger partial charge >= 0.3 is 5.97 Å². The summed E-state index contributed by atoms with van der Waals surface area (Å²) in [6.07, 6.45) is 1.95. The van der Waals surface area contributed by atoms with Crippen molar-refractivity contribution in [2.75, 3.05) is 0 Å². The molecule has 1 N–H and O–H groups in total. The van der Waals surface area contributed by atoms with Crippen LogP contribution in [0.3, 0.4) is 0 Å². The highest BCUT2D eigenvalue weighted by molar-refractivity contribution is 5.88. The van der Waals surface area contributed by atoms with E-state index in [4.69, 9.17) is 5.11 Å². The average molecular weight is 242 g/mol. The molecule has 0 amide bonds. The molecule has 1 aliphatic carbocycles. The second-order valence-corrected chi connectivity index (χ2v) is 4.11. The second kappa shape index (κ2) is 4.73. The van der Waals surface area contributed by atoms with Gasteiger partial charge in [0.2, 0.25) is 0 Å². The lowest BCUT2D eigenvalue weighted by atomic mass is 10.1. The molecule has 0 saturated heterocycles. The first-order valence-corrected chi connectivity index (χ1v) is 5.48. The Morgan fingerprint density at radius 1 is 1.41 bits per heavy atom. The van der Waals surface area contributed by atoms with Crippen LogP contribution in [-0.2, 0) is 0 Å². The van der Waals surface area contributed by atoms with Crippen molar-refractivity contribution in [1.82, 2.24) is 9.97 Å². The minimum atomic E-state index is -2.88. The highest BCUT2D eigenvalue weighted by Crippen LogP contribution is 2.33. The fourth-order valence-corrected chi connectivity index (χ4v) is 2.12. The van der Waals surface area contributed by atoms with Crippen molar-refractivity contribution < 1.29 is 18.7 Å². The average Bonchev–Trinajstić information content (AvgIpc) is 2.81. The van der Waals surface area contributed by atoms with Gasteiger partial charge in [0, 0.05) is 12.1 Å². The van der Waals surface area contributed by atoms with E-state index >= 15 is 0 Å². The number of aromatic carboxylic acids is 1. The molecule has 1 fully saturated rings. The number of halogens is 2. The molecule has 92 valence electrons. The molecule has 1 saturated carbocycles. The molecular formula is C11H12F2N2O2. The number of carboxylic acid groups (broad SMARTS) is 1. The Balaban J connectivity index is 2.37. The molecule has 0 bridgehead atoms. The fraction of sp³-hybridized carbons (Fsp3) is 0.545. The first-order chi connectivity index (χ1) is 8.09. The molecule has 6 heteroatoms. The summed E-state index contributed by atoms with van der Waals surface area (Å²) in [7, 11) is 0. The van der Waals surface area contributed by atoms with Gasteiger partial charge in [-0.05, 0) is 12.8 Å². The molecule has 4 nitrogen and oxygen atoms in total. The summed E-state index contributed by atoms with van der Waals surface area (Å²) in [4.78, 5) is 18.4. The molecule has 1 aromatic heterocycles. The van der Waals surface area contributed by atoms with Gasteiger partial charge in [-0.1, -0.05) is 12.8 Å². The third-order valence-electron chi connectivity index (χ3n) is 2.99. The summed E-state index contributed by atoms with van der Waals surface area (Å²) in [6.45, 7) is 0. The summed E-state index contributed by atoms with van der Waals surface area (Å²) in [5.74, 6) is -0.976. The minimum Gasteiger partial charge on any atom is -0.478 e. The van der Waals surface area contributed by atoms with Gasteiger partial charge in [-0.2, -0.15) is 0 Å². The van der Waals surface area contributed by atoms with E-state index < -0.39 is 23.7 Å². The molecule has 0 aromatic carbocycles. The fourth-order valence-electron chi connectivity index (χ4n) is 2.12. The van der Waals surface area contributed by atoms with E-state index in [9.17, 15) is 13.6 Å². The highest BCUT2D eigenvalue weighted by Gasteiger charge is 2.25. The van der Waals surface area contributed by atoms with Crippen molar-refractivity contribution >= 4 is 5.97 Å². The van der Waals surface area contributed by atoms with Crippen LogP contribution in [0.2, 0.25) is 0 Å². The Labute approximate surface area is 96.7 Å². The van der Waals surface area contributed by atoms with Crippen LogP contribution in [0.25, 0.3) is 0 Å². The molecule has 1 heterocycles. The van der Waals surface area contributed by atoms with Gasteiger partial charge in [0.25, 0.3) is 6.43 Å². The molecule has 0 atom stereocenters. The van der Waals surface area contributed by atoms with Crippen molar-refractivity contribution in [3.63, 3.8) is 0 Å². The van der Waals surface area contributed by atoms with Crippen molar-refractivity contribution in [3.05, 3.63) is 23.3 Å². The standard InChI is InChI=1S/C11H12F2N2O2/c12-9(13)8-7(11(16)17)5-14-10(15-8)6-3-1-2-4-6/h5-6,9H,1-4H2,(H,16,17). The third kappa shape index (κ3) is 2.40. The molecule has 0 spiro atoms. The zero-order chi connectivity index (χ0) is 12.4. The molecule has 1 aromatic rings. The number of carboxylic acids is 1. The van der Waals surface area contributed by atoms with Crippen LogP contribution in [0.4, 0.5) is 8.78 Å². The number of hydrogen-bond donors (Lipinski definition) is 1. The number of hydrogen-bond acceptors (Lipinski definition) is 3. The van der Waals surface area contributed by atoms with E-state index in [2.05, 4.69) is 9.97 Å². The van der Waals surface area contributed by atoms with Gasteiger partial charge in [-0.15, -0.1) is 0 Å². The molecule has 2 rings (SSSR count). The predicted octanol–water partition coefficient (Wildman–Crippen LogP) is 2.77. The van der Waals surface area contributed by atoms with Crippen LogP contribution in [-0.4, -0.2) is 21.0 Å². The highest BCUT2D eigenvalue weighted by atomic mass is 19.3.